The molecule has 3 heterocycles. The van der Waals surface area contributed by atoms with Gasteiger partial charge in [-0.1, -0.05) is 59.9 Å². The van der Waals surface area contributed by atoms with E-state index in [1.165, 1.54) is 23.5 Å². The Bertz CT molecular complexity index is 1890. The SMILES string of the molecule is C=CCN(C(=O)NCC1=CC(Cl)C(Cl)C=C1)N1CC(=O)N2[C@@H](Cc3ccc(OCC(=O)OC)cc3)C(=O)N(Cc3cccc4sc(N)nc34)C[C@@H]21. The van der Waals surface area contributed by atoms with Crippen LogP contribution in [0.1, 0.15) is 11.1 Å². The van der Waals surface area contributed by atoms with E-state index < -0.39 is 29.6 Å². The van der Waals surface area contributed by atoms with Crippen molar-refractivity contribution in [1.29, 1.82) is 0 Å². The number of benzene rings is 2. The molecule has 2 aromatic carbocycles. The molecule has 0 radical (unpaired) electrons. The number of methoxy groups -OCH3 is 1. The number of thiazole rings is 1. The zero-order valence-corrected chi connectivity index (χ0v) is 30.1. The topological polar surface area (TPSA) is 151 Å². The number of urea groups is 1. The summed E-state index contributed by atoms with van der Waals surface area (Å²) >= 11 is 13.8. The van der Waals surface area contributed by atoms with Gasteiger partial charge in [-0.05, 0) is 34.9 Å². The molecule has 2 aliphatic heterocycles. The van der Waals surface area contributed by atoms with E-state index in [1.807, 2.05) is 24.3 Å². The molecule has 51 heavy (non-hydrogen) atoms. The number of hydrogen-bond acceptors (Lipinski definition) is 10. The second-order valence-electron chi connectivity index (χ2n) is 12.2. The number of carbonyl (C=O) groups is 4. The van der Waals surface area contributed by atoms with Gasteiger partial charge in [-0.15, -0.1) is 29.8 Å². The Morgan fingerprint density at radius 1 is 1.18 bits per heavy atom. The second kappa shape index (κ2) is 15.7. The molecule has 3 aromatic rings. The maximum Gasteiger partial charge on any atom is 0.343 e. The lowest BCUT2D eigenvalue weighted by atomic mass is 9.99. The van der Waals surface area contributed by atoms with Crippen molar-refractivity contribution in [2.24, 2.45) is 0 Å². The van der Waals surface area contributed by atoms with E-state index in [4.69, 9.17) is 33.7 Å². The zero-order valence-electron chi connectivity index (χ0n) is 27.7. The molecule has 0 bridgehead atoms. The Labute approximate surface area is 308 Å². The minimum Gasteiger partial charge on any atom is -0.482 e. The maximum absolute atomic E-state index is 14.4. The average molecular weight is 755 g/mol. The highest BCUT2D eigenvalue weighted by Crippen LogP contribution is 2.33. The number of nitrogens with one attached hydrogen (secondary N) is 1. The number of halogens is 2. The fourth-order valence-electron chi connectivity index (χ4n) is 6.38. The monoisotopic (exact) mass is 753 g/mol. The summed E-state index contributed by atoms with van der Waals surface area (Å²) in [6.45, 7) is 4.15. The van der Waals surface area contributed by atoms with Crippen LogP contribution in [0.15, 0.2) is 78.9 Å². The van der Waals surface area contributed by atoms with Crippen molar-refractivity contribution >= 4 is 73.7 Å². The molecule has 0 saturated carbocycles. The highest BCUT2D eigenvalue weighted by molar-refractivity contribution is 7.22. The predicted molar refractivity (Wildman–Crippen MR) is 195 cm³/mol. The number of anilines is 1. The van der Waals surface area contributed by atoms with Crippen LogP contribution < -0.4 is 15.8 Å². The summed E-state index contributed by atoms with van der Waals surface area (Å²) < 4.78 is 11.0. The summed E-state index contributed by atoms with van der Waals surface area (Å²) in [5.41, 5.74) is 9.13. The van der Waals surface area contributed by atoms with Gasteiger partial charge in [0.1, 0.15) is 18.0 Å². The molecule has 13 nitrogen and oxygen atoms in total. The normalized spacial score (nSPS) is 21.7. The van der Waals surface area contributed by atoms with E-state index in [1.54, 1.807) is 57.3 Å². The number of amides is 4. The fourth-order valence-corrected chi connectivity index (χ4v) is 7.55. The Hall–Kier alpha value is -4.63. The van der Waals surface area contributed by atoms with Crippen molar-refractivity contribution in [3.8, 4) is 5.75 Å². The van der Waals surface area contributed by atoms with E-state index in [0.29, 0.717) is 16.4 Å². The van der Waals surface area contributed by atoms with Crippen LogP contribution in [0.3, 0.4) is 0 Å². The first-order valence-electron chi connectivity index (χ1n) is 16.2. The van der Waals surface area contributed by atoms with E-state index in [0.717, 1.165) is 21.4 Å². The number of para-hydroxylation sites is 1. The van der Waals surface area contributed by atoms with Gasteiger partial charge in [-0.2, -0.15) is 5.01 Å². The molecule has 2 saturated heterocycles. The minimum absolute atomic E-state index is 0.114. The highest BCUT2D eigenvalue weighted by Gasteiger charge is 2.52. The molecular weight excluding hydrogens is 717 g/mol. The summed E-state index contributed by atoms with van der Waals surface area (Å²) in [7, 11) is 1.28. The molecule has 1 aliphatic carbocycles. The molecule has 4 atom stereocenters. The number of carbonyl (C=O) groups excluding carboxylic acids is 4. The third kappa shape index (κ3) is 7.99. The van der Waals surface area contributed by atoms with Crippen molar-refractivity contribution in [3.05, 3.63) is 90.0 Å². The number of esters is 1. The lowest BCUT2D eigenvalue weighted by molar-refractivity contribution is -0.157. The van der Waals surface area contributed by atoms with E-state index in [2.05, 4.69) is 21.6 Å². The molecule has 16 heteroatoms. The van der Waals surface area contributed by atoms with Gasteiger partial charge in [0, 0.05) is 19.5 Å². The van der Waals surface area contributed by atoms with Crippen molar-refractivity contribution in [2.45, 2.75) is 35.9 Å². The van der Waals surface area contributed by atoms with Crippen LogP contribution in [0.5, 0.6) is 5.75 Å². The van der Waals surface area contributed by atoms with Gasteiger partial charge >= 0.3 is 12.0 Å². The van der Waals surface area contributed by atoms with Gasteiger partial charge in [-0.25, -0.2) is 14.6 Å². The molecule has 6 rings (SSSR count). The lowest BCUT2D eigenvalue weighted by Crippen LogP contribution is -2.66. The van der Waals surface area contributed by atoms with E-state index >= 15 is 0 Å². The number of aromatic nitrogens is 1. The fraction of sp³-hybridized carbons (Fsp3) is 0.343. The van der Waals surface area contributed by atoms with Crippen LogP contribution in [0, 0.1) is 0 Å². The second-order valence-corrected chi connectivity index (χ2v) is 14.2. The third-order valence-electron chi connectivity index (χ3n) is 8.85. The number of alkyl halides is 2. The van der Waals surface area contributed by atoms with Crippen LogP contribution in [-0.4, -0.2) is 111 Å². The number of fused-ring (bicyclic) bond motifs is 2. The molecule has 2 unspecified atom stereocenters. The third-order valence-corrected chi connectivity index (χ3v) is 10.6. The molecular formula is C35H37Cl2N7O6S. The van der Waals surface area contributed by atoms with Crippen LogP contribution in [-0.2, 0) is 32.1 Å². The molecule has 4 amide bonds. The molecule has 2 fully saturated rings. The van der Waals surface area contributed by atoms with Gasteiger partial charge in [0.15, 0.2) is 11.7 Å². The van der Waals surface area contributed by atoms with E-state index in [-0.39, 0.29) is 62.9 Å². The summed E-state index contributed by atoms with van der Waals surface area (Å²) in [6, 6.07) is 11.4. The Kier molecular flexibility index (Phi) is 11.2. The number of ether oxygens (including phenoxy) is 2. The molecule has 268 valence electrons. The largest absolute Gasteiger partial charge is 0.482 e. The van der Waals surface area contributed by atoms with E-state index in [9.17, 15) is 19.2 Å². The Morgan fingerprint density at radius 3 is 2.69 bits per heavy atom. The highest BCUT2D eigenvalue weighted by atomic mass is 35.5. The first kappa shape index (κ1) is 36.2. The number of hydrazine groups is 1. The van der Waals surface area contributed by atoms with Gasteiger partial charge in [-0.3, -0.25) is 14.6 Å². The summed E-state index contributed by atoms with van der Waals surface area (Å²) in [5.74, 6) is -0.589. The number of nitrogen functional groups attached to an aromatic ring is 1. The number of allylic oxidation sites excluding steroid dienone is 2. The summed E-state index contributed by atoms with van der Waals surface area (Å²) in [5, 5.41) is 5.75. The van der Waals surface area contributed by atoms with Gasteiger partial charge in [0.2, 0.25) is 11.8 Å². The standard InChI is InChI=1S/C35H37Cl2N7O6S/c1-3-13-42(35(48)39-16-22-9-12-25(36)26(37)14-22)43-19-30(45)44-27(15-21-7-10-24(11-8-21)50-20-31(46)49-2)33(47)41(18-29(43)44)17-23-5-4-6-28-32(23)40-34(38)51-28/h3-12,14,25-27,29H,1,13,15-20H2,2H3,(H2,38,40)(H,39,48)/t25?,26?,27-,29+/m0/s1. The molecule has 1 aromatic heterocycles. The smallest absolute Gasteiger partial charge is 0.343 e. The number of rotatable bonds is 12. The van der Waals surface area contributed by atoms with Gasteiger partial charge in [0.05, 0.1) is 47.7 Å². The van der Waals surface area contributed by atoms with Crippen molar-refractivity contribution < 1.29 is 28.7 Å². The lowest BCUT2D eigenvalue weighted by Gasteiger charge is -2.46. The Morgan fingerprint density at radius 2 is 1.96 bits per heavy atom. The summed E-state index contributed by atoms with van der Waals surface area (Å²) in [4.78, 5) is 61.3. The van der Waals surface area contributed by atoms with Crippen molar-refractivity contribution in [2.75, 3.05) is 45.6 Å². The molecule has 0 spiro atoms. The van der Waals surface area contributed by atoms with Crippen LogP contribution in [0.25, 0.3) is 10.2 Å². The first-order chi connectivity index (χ1) is 24.6. The van der Waals surface area contributed by atoms with Crippen molar-refractivity contribution in [3.63, 3.8) is 0 Å². The predicted octanol–water partition coefficient (Wildman–Crippen LogP) is 3.68. The maximum atomic E-state index is 14.4. The number of nitrogens with zero attached hydrogens (tertiary/aromatic N) is 5. The van der Waals surface area contributed by atoms with Crippen LogP contribution in [0.4, 0.5) is 9.93 Å². The first-order valence-corrected chi connectivity index (χ1v) is 17.9. The quantitative estimate of drug-likeness (QED) is 0.161. The molecule has 3 N–H and O–H groups in total. The van der Waals surface area contributed by atoms with Gasteiger partial charge < -0.3 is 30.3 Å². The zero-order chi connectivity index (χ0) is 36.2. The van der Waals surface area contributed by atoms with Crippen molar-refractivity contribution in [1.82, 2.24) is 30.1 Å². The average Bonchev–Trinajstić information content (AvgIpc) is 3.67. The van der Waals surface area contributed by atoms with Gasteiger partial charge in [0.25, 0.3) is 0 Å². The number of nitrogens with two attached hydrogens (primary N) is 1. The van der Waals surface area contributed by atoms with Crippen LogP contribution >= 0.6 is 34.5 Å². The number of piperazine rings is 1. The number of hydrogen-bond donors (Lipinski definition) is 2. The van der Waals surface area contributed by atoms with Crippen LogP contribution in [0.2, 0.25) is 0 Å². The Balaban J connectivity index is 1.27. The summed E-state index contributed by atoms with van der Waals surface area (Å²) in [6.07, 6.45) is 6.51. The molecule has 3 aliphatic rings. The minimum atomic E-state index is -0.877.